The van der Waals surface area contributed by atoms with Crippen LogP contribution in [0.5, 0.6) is 0 Å². The van der Waals surface area contributed by atoms with E-state index in [1.807, 2.05) is 12.3 Å². The molecule has 0 atom stereocenters. The van der Waals surface area contributed by atoms with Gasteiger partial charge in [0.25, 0.3) is 0 Å². The van der Waals surface area contributed by atoms with Gasteiger partial charge in [0.1, 0.15) is 5.82 Å². The molecule has 1 aromatic carbocycles. The molecule has 0 saturated carbocycles. The smallest absolute Gasteiger partial charge is 0.191 e. The number of aromatic amines is 1. The van der Waals surface area contributed by atoms with Gasteiger partial charge >= 0.3 is 0 Å². The molecule has 2 aromatic rings. The highest BCUT2D eigenvalue weighted by Gasteiger charge is 2.18. The molecule has 2 heterocycles. The van der Waals surface area contributed by atoms with Crippen molar-refractivity contribution in [2.24, 2.45) is 10.9 Å². The van der Waals surface area contributed by atoms with Crippen LogP contribution in [0.3, 0.4) is 0 Å². The first-order valence-corrected chi connectivity index (χ1v) is 10.7. The molecule has 1 fully saturated rings. The topological polar surface area (TPSA) is 55.4 Å². The molecule has 154 valence electrons. The number of fused-ring (bicyclic) bond motifs is 1. The number of aromatic nitrogens is 1. The molecule has 0 spiro atoms. The fourth-order valence-electron chi connectivity index (χ4n) is 3.95. The highest BCUT2D eigenvalue weighted by atomic mass is 19.1. The van der Waals surface area contributed by atoms with Crippen LogP contribution in [0.1, 0.15) is 38.7 Å². The summed E-state index contributed by atoms with van der Waals surface area (Å²) in [5.41, 5.74) is 2.05. The number of rotatable bonds is 8. The van der Waals surface area contributed by atoms with Crippen molar-refractivity contribution in [3.8, 4) is 0 Å². The Labute approximate surface area is 167 Å². The zero-order valence-electron chi connectivity index (χ0n) is 17.2. The molecule has 1 aliphatic heterocycles. The summed E-state index contributed by atoms with van der Waals surface area (Å²) in [5.74, 6) is 1.37. The molecule has 1 saturated heterocycles. The van der Waals surface area contributed by atoms with Crippen molar-refractivity contribution in [1.82, 2.24) is 20.5 Å². The van der Waals surface area contributed by atoms with Crippen molar-refractivity contribution in [3.63, 3.8) is 0 Å². The largest absolute Gasteiger partial charge is 0.361 e. The van der Waals surface area contributed by atoms with E-state index in [1.54, 1.807) is 6.07 Å². The molecule has 1 aromatic heterocycles. The van der Waals surface area contributed by atoms with Crippen LogP contribution in [0.2, 0.25) is 0 Å². The molecule has 0 bridgehead atoms. The summed E-state index contributed by atoms with van der Waals surface area (Å²) in [4.78, 5) is 10.5. The first-order valence-electron chi connectivity index (χ1n) is 10.7. The third kappa shape index (κ3) is 5.71. The molecule has 3 rings (SSSR count). The molecule has 3 N–H and O–H groups in total. The van der Waals surface area contributed by atoms with Gasteiger partial charge in [0.05, 0.1) is 0 Å². The number of halogens is 1. The predicted octanol–water partition coefficient (Wildman–Crippen LogP) is 3.53. The Kier molecular flexibility index (Phi) is 7.71. The van der Waals surface area contributed by atoms with Crippen LogP contribution in [0.15, 0.2) is 29.4 Å². The van der Waals surface area contributed by atoms with Crippen LogP contribution in [0, 0.1) is 11.7 Å². The average molecular weight is 388 g/mol. The van der Waals surface area contributed by atoms with Gasteiger partial charge in [0.2, 0.25) is 0 Å². The monoisotopic (exact) mass is 387 g/mol. The second-order valence-electron chi connectivity index (χ2n) is 7.69. The maximum absolute atomic E-state index is 13.3. The van der Waals surface area contributed by atoms with E-state index < -0.39 is 0 Å². The SMILES string of the molecule is CCCN1CCC(CN=C(NCC)NCCc2c[nH]c3cc(F)ccc23)CC1. The maximum atomic E-state index is 13.3. The molecular weight excluding hydrogens is 353 g/mol. The van der Waals surface area contributed by atoms with Gasteiger partial charge in [-0.3, -0.25) is 4.99 Å². The number of piperidine rings is 1. The minimum absolute atomic E-state index is 0.207. The molecule has 6 heteroatoms. The first kappa shape index (κ1) is 20.6. The molecule has 0 radical (unpaired) electrons. The Morgan fingerprint density at radius 2 is 2.07 bits per heavy atom. The Bertz CT molecular complexity index is 761. The standard InChI is InChI=1S/C22H34FN5/c1-3-11-28-12-8-17(9-13-28)15-27-22(24-4-2)25-10-7-18-16-26-21-14-19(23)5-6-20(18)21/h5-6,14,16-17,26H,3-4,7-13,15H2,1-2H3,(H2,24,25,27). The molecule has 0 amide bonds. The third-order valence-corrected chi connectivity index (χ3v) is 5.52. The van der Waals surface area contributed by atoms with E-state index in [1.165, 1.54) is 50.5 Å². The van der Waals surface area contributed by atoms with Crippen molar-refractivity contribution in [1.29, 1.82) is 0 Å². The van der Waals surface area contributed by atoms with Crippen molar-refractivity contribution >= 4 is 16.9 Å². The van der Waals surface area contributed by atoms with E-state index in [4.69, 9.17) is 4.99 Å². The molecule has 28 heavy (non-hydrogen) atoms. The van der Waals surface area contributed by atoms with E-state index in [2.05, 4.69) is 34.4 Å². The number of aliphatic imine (C=N–C) groups is 1. The van der Waals surface area contributed by atoms with Crippen molar-refractivity contribution < 1.29 is 4.39 Å². The molecule has 0 aliphatic carbocycles. The lowest BCUT2D eigenvalue weighted by Gasteiger charge is -2.31. The summed E-state index contributed by atoms with van der Waals surface area (Å²) in [6.07, 6.45) is 6.57. The van der Waals surface area contributed by atoms with Crippen molar-refractivity contribution in [2.75, 3.05) is 39.3 Å². The van der Waals surface area contributed by atoms with E-state index in [0.29, 0.717) is 5.92 Å². The quantitative estimate of drug-likeness (QED) is 0.480. The van der Waals surface area contributed by atoms with Gasteiger partial charge in [0, 0.05) is 36.7 Å². The van der Waals surface area contributed by atoms with Crippen molar-refractivity contribution in [2.45, 2.75) is 39.5 Å². The van der Waals surface area contributed by atoms with Gasteiger partial charge in [-0.05, 0) is 81.9 Å². The summed E-state index contributed by atoms with van der Waals surface area (Å²) in [5, 5.41) is 7.88. The summed E-state index contributed by atoms with van der Waals surface area (Å²) < 4.78 is 13.3. The zero-order valence-corrected chi connectivity index (χ0v) is 17.2. The number of likely N-dealkylation sites (tertiary alicyclic amines) is 1. The number of H-pyrrole nitrogens is 1. The normalized spacial score (nSPS) is 16.6. The summed E-state index contributed by atoms with van der Waals surface area (Å²) in [7, 11) is 0. The first-order chi connectivity index (χ1) is 13.7. The minimum Gasteiger partial charge on any atom is -0.361 e. The van der Waals surface area contributed by atoms with E-state index in [0.717, 1.165) is 42.9 Å². The fraction of sp³-hybridized carbons (Fsp3) is 0.591. The summed E-state index contributed by atoms with van der Waals surface area (Å²) >= 11 is 0. The number of nitrogens with zero attached hydrogens (tertiary/aromatic N) is 2. The Morgan fingerprint density at radius 3 is 2.82 bits per heavy atom. The van der Waals surface area contributed by atoms with E-state index in [9.17, 15) is 4.39 Å². The highest BCUT2D eigenvalue weighted by molar-refractivity contribution is 5.83. The van der Waals surface area contributed by atoms with Crippen LogP contribution < -0.4 is 10.6 Å². The molecule has 0 unspecified atom stereocenters. The van der Waals surface area contributed by atoms with Crippen LogP contribution in [-0.2, 0) is 6.42 Å². The number of nitrogens with one attached hydrogen (secondary N) is 3. The lowest BCUT2D eigenvalue weighted by molar-refractivity contribution is 0.188. The van der Waals surface area contributed by atoms with Crippen LogP contribution in [-0.4, -0.2) is 55.1 Å². The number of guanidine groups is 1. The zero-order chi connectivity index (χ0) is 19.8. The van der Waals surface area contributed by atoms with E-state index in [-0.39, 0.29) is 5.82 Å². The highest BCUT2D eigenvalue weighted by Crippen LogP contribution is 2.19. The van der Waals surface area contributed by atoms with Crippen LogP contribution >= 0.6 is 0 Å². The Morgan fingerprint density at radius 1 is 1.25 bits per heavy atom. The Balaban J connectivity index is 1.48. The second-order valence-corrected chi connectivity index (χ2v) is 7.69. The molecule has 1 aliphatic rings. The fourth-order valence-corrected chi connectivity index (χ4v) is 3.95. The van der Waals surface area contributed by atoms with Crippen LogP contribution in [0.25, 0.3) is 10.9 Å². The van der Waals surface area contributed by atoms with Gasteiger partial charge in [-0.15, -0.1) is 0 Å². The van der Waals surface area contributed by atoms with Gasteiger partial charge in [0.15, 0.2) is 5.96 Å². The summed E-state index contributed by atoms with van der Waals surface area (Å²) in [6.45, 7) is 10.5. The molecular formula is C22H34FN5. The minimum atomic E-state index is -0.207. The van der Waals surface area contributed by atoms with Crippen LogP contribution in [0.4, 0.5) is 4.39 Å². The number of hydrogen-bond donors (Lipinski definition) is 3. The van der Waals surface area contributed by atoms with Gasteiger partial charge < -0.3 is 20.5 Å². The van der Waals surface area contributed by atoms with Crippen molar-refractivity contribution in [3.05, 3.63) is 35.8 Å². The van der Waals surface area contributed by atoms with Gasteiger partial charge in [-0.1, -0.05) is 6.92 Å². The summed E-state index contributed by atoms with van der Waals surface area (Å²) in [6, 6.07) is 4.91. The van der Waals surface area contributed by atoms with Gasteiger partial charge in [-0.25, -0.2) is 4.39 Å². The number of hydrogen-bond acceptors (Lipinski definition) is 2. The molecule has 5 nitrogen and oxygen atoms in total. The van der Waals surface area contributed by atoms with E-state index >= 15 is 0 Å². The predicted molar refractivity (Wildman–Crippen MR) is 115 cm³/mol. The lowest BCUT2D eigenvalue weighted by Crippen LogP contribution is -2.39. The third-order valence-electron chi connectivity index (χ3n) is 5.52. The second kappa shape index (κ2) is 10.5. The van der Waals surface area contributed by atoms with Gasteiger partial charge in [-0.2, -0.15) is 0 Å². The average Bonchev–Trinajstić information content (AvgIpc) is 3.09. The lowest BCUT2D eigenvalue weighted by atomic mass is 9.97. The maximum Gasteiger partial charge on any atom is 0.191 e. The Hall–Kier alpha value is -2.08. The number of benzene rings is 1.